The average Bonchev–Trinajstić information content (AvgIpc) is 2.81. The molecule has 0 atom stereocenters. The lowest BCUT2D eigenvalue weighted by atomic mass is 10.1. The Labute approximate surface area is 129 Å². The first-order chi connectivity index (χ1) is 9.69. The molecule has 7 heteroatoms. The van der Waals surface area contributed by atoms with Crippen molar-refractivity contribution in [2.75, 3.05) is 32.6 Å². The summed E-state index contributed by atoms with van der Waals surface area (Å²) in [6.07, 6.45) is 0. The fourth-order valence-electron chi connectivity index (χ4n) is 1.42. The molecule has 0 spiro atoms. The molecule has 118 valence electrons. The number of ether oxygens (including phenoxy) is 1. The summed E-state index contributed by atoms with van der Waals surface area (Å²) in [6.45, 7) is 8.22. The molecular formula is C14H23N3O3S. The number of nitrogens with zero attached hydrogens (tertiary/aromatic N) is 2. The molecular weight excluding hydrogens is 290 g/mol. The summed E-state index contributed by atoms with van der Waals surface area (Å²) in [4.78, 5) is 30.1. The molecule has 0 unspecified atom stereocenters. The number of likely N-dealkylation sites (N-methyl/N-ethyl adjacent to an activating group) is 1. The zero-order valence-corrected chi connectivity index (χ0v) is 14.3. The Bertz CT molecular complexity index is 524. The van der Waals surface area contributed by atoms with Gasteiger partial charge in [0.05, 0.1) is 6.61 Å². The van der Waals surface area contributed by atoms with Crippen molar-refractivity contribution in [1.29, 1.82) is 0 Å². The molecule has 0 fully saturated rings. The van der Waals surface area contributed by atoms with Crippen LogP contribution in [0.4, 0.5) is 5.13 Å². The van der Waals surface area contributed by atoms with E-state index in [1.165, 1.54) is 18.3 Å². The highest BCUT2D eigenvalue weighted by Crippen LogP contribution is 2.25. The zero-order chi connectivity index (χ0) is 16.2. The van der Waals surface area contributed by atoms with E-state index in [9.17, 15) is 9.59 Å². The number of anilines is 1. The molecule has 0 aliphatic heterocycles. The van der Waals surface area contributed by atoms with Crippen LogP contribution in [0.2, 0.25) is 0 Å². The molecule has 1 N–H and O–H groups in total. The molecule has 0 saturated carbocycles. The Morgan fingerprint density at radius 2 is 2.00 bits per heavy atom. The summed E-state index contributed by atoms with van der Waals surface area (Å²) >= 11 is 1.18. The topological polar surface area (TPSA) is 71.5 Å². The molecule has 1 aromatic heterocycles. The molecule has 1 rings (SSSR count). The molecule has 0 radical (unpaired) electrons. The van der Waals surface area contributed by atoms with Crippen molar-refractivity contribution in [2.24, 2.45) is 0 Å². The number of ketones is 1. The minimum atomic E-state index is -0.557. The van der Waals surface area contributed by atoms with Crippen molar-refractivity contribution in [3.63, 3.8) is 0 Å². The molecule has 0 aliphatic carbocycles. The van der Waals surface area contributed by atoms with E-state index in [1.807, 2.05) is 14.1 Å². The lowest BCUT2D eigenvalue weighted by molar-refractivity contribution is 0.0517. The van der Waals surface area contributed by atoms with Crippen molar-refractivity contribution in [3.8, 4) is 0 Å². The number of carbonyl (C=O) groups excluding carboxylic acids is 2. The lowest BCUT2D eigenvalue weighted by Gasteiger charge is -2.32. The van der Waals surface area contributed by atoms with Gasteiger partial charge in [-0.1, -0.05) is 11.3 Å². The van der Waals surface area contributed by atoms with Gasteiger partial charge in [0.1, 0.15) is 4.88 Å². The Hall–Kier alpha value is -1.47. The monoisotopic (exact) mass is 313 g/mol. The van der Waals surface area contributed by atoms with E-state index in [1.54, 1.807) is 6.92 Å². The van der Waals surface area contributed by atoms with Crippen molar-refractivity contribution in [2.45, 2.75) is 33.2 Å². The Balaban J connectivity index is 2.93. The van der Waals surface area contributed by atoms with Crippen molar-refractivity contribution in [1.82, 2.24) is 9.88 Å². The first-order valence-corrected chi connectivity index (χ1v) is 7.61. The van der Waals surface area contributed by atoms with Crippen molar-refractivity contribution in [3.05, 3.63) is 10.6 Å². The van der Waals surface area contributed by atoms with Crippen LogP contribution in [0.15, 0.2) is 0 Å². The second-order valence-electron chi connectivity index (χ2n) is 5.53. The number of nitrogens with one attached hydrogen (secondary N) is 1. The van der Waals surface area contributed by atoms with Gasteiger partial charge in [0.25, 0.3) is 0 Å². The summed E-state index contributed by atoms with van der Waals surface area (Å²) in [5, 5.41) is 3.74. The molecule has 6 nitrogen and oxygen atoms in total. The number of Topliss-reactive ketones (excluding diaryl/α,β-unsaturated/α-hetero) is 1. The van der Waals surface area contributed by atoms with Crippen molar-refractivity contribution >= 4 is 28.2 Å². The van der Waals surface area contributed by atoms with Crippen LogP contribution in [0.1, 0.15) is 47.9 Å². The molecule has 0 aliphatic rings. The maximum absolute atomic E-state index is 11.8. The highest BCUT2D eigenvalue weighted by molar-refractivity contribution is 7.17. The molecule has 0 bridgehead atoms. The number of aromatic nitrogens is 1. The maximum Gasteiger partial charge on any atom is 0.358 e. The van der Waals surface area contributed by atoms with Gasteiger partial charge in [-0.25, -0.2) is 9.78 Å². The third-order valence-electron chi connectivity index (χ3n) is 3.30. The van der Waals surface area contributed by atoms with Crippen LogP contribution in [0.3, 0.4) is 0 Å². The summed E-state index contributed by atoms with van der Waals surface area (Å²) in [5.41, 5.74) is 0.0195. The Kier molecular flexibility index (Phi) is 5.86. The fourth-order valence-corrected chi connectivity index (χ4v) is 2.27. The molecule has 1 heterocycles. The van der Waals surface area contributed by atoms with Crippen LogP contribution in [0, 0.1) is 0 Å². The lowest BCUT2D eigenvalue weighted by Crippen LogP contribution is -2.44. The second kappa shape index (κ2) is 7.00. The van der Waals surface area contributed by atoms with Gasteiger partial charge in [-0.3, -0.25) is 4.79 Å². The molecule has 1 aromatic rings. The number of rotatable bonds is 7. The molecule has 21 heavy (non-hydrogen) atoms. The van der Waals surface area contributed by atoms with E-state index in [0.717, 1.165) is 0 Å². The quantitative estimate of drug-likeness (QED) is 0.615. The SMILES string of the molecule is CCOC(=O)c1nc(NCC(C)(C)N(C)C)sc1C(C)=O. The maximum atomic E-state index is 11.8. The normalized spacial score (nSPS) is 11.6. The molecule has 0 amide bonds. The zero-order valence-electron chi connectivity index (χ0n) is 13.4. The van der Waals surface area contributed by atoms with Gasteiger partial charge in [0.15, 0.2) is 16.6 Å². The van der Waals surface area contributed by atoms with Crippen LogP contribution in [-0.4, -0.2) is 54.4 Å². The average molecular weight is 313 g/mol. The number of carbonyl (C=O) groups is 2. The van der Waals surface area contributed by atoms with Crippen LogP contribution in [0.25, 0.3) is 0 Å². The van der Waals surface area contributed by atoms with Crippen LogP contribution in [-0.2, 0) is 4.74 Å². The minimum Gasteiger partial charge on any atom is -0.461 e. The smallest absolute Gasteiger partial charge is 0.358 e. The van der Waals surface area contributed by atoms with Gasteiger partial charge < -0.3 is 15.0 Å². The number of hydrogen-bond acceptors (Lipinski definition) is 7. The highest BCUT2D eigenvalue weighted by Gasteiger charge is 2.24. The largest absolute Gasteiger partial charge is 0.461 e. The number of esters is 1. The highest BCUT2D eigenvalue weighted by atomic mass is 32.1. The van der Waals surface area contributed by atoms with Crippen LogP contribution < -0.4 is 5.32 Å². The third-order valence-corrected chi connectivity index (χ3v) is 4.41. The standard InChI is InChI=1S/C14H23N3O3S/c1-7-20-12(19)10-11(9(2)18)21-13(16-10)15-8-14(3,4)17(5)6/h7-8H2,1-6H3,(H,15,16). The first kappa shape index (κ1) is 17.6. The Morgan fingerprint density at radius 3 is 2.48 bits per heavy atom. The van der Waals surface area contributed by atoms with Crippen molar-refractivity contribution < 1.29 is 14.3 Å². The van der Waals surface area contributed by atoms with E-state index < -0.39 is 5.97 Å². The molecule has 0 saturated heterocycles. The number of thiazole rings is 1. The van der Waals surface area contributed by atoms with Crippen LogP contribution >= 0.6 is 11.3 Å². The van der Waals surface area contributed by atoms with E-state index in [4.69, 9.17) is 4.74 Å². The second-order valence-corrected chi connectivity index (χ2v) is 6.53. The van der Waals surface area contributed by atoms with E-state index >= 15 is 0 Å². The summed E-state index contributed by atoms with van der Waals surface area (Å²) in [5.74, 6) is -0.741. The van der Waals surface area contributed by atoms with E-state index in [0.29, 0.717) is 16.6 Å². The first-order valence-electron chi connectivity index (χ1n) is 6.79. The van der Waals surface area contributed by atoms with Gasteiger partial charge in [0.2, 0.25) is 0 Å². The van der Waals surface area contributed by atoms with Gasteiger partial charge in [0, 0.05) is 19.0 Å². The molecule has 0 aromatic carbocycles. The predicted octanol–water partition coefficient (Wildman–Crippen LogP) is 2.27. The van der Waals surface area contributed by atoms with E-state index in [2.05, 4.69) is 29.0 Å². The summed E-state index contributed by atoms with van der Waals surface area (Å²) < 4.78 is 4.93. The van der Waals surface area contributed by atoms with E-state index in [-0.39, 0.29) is 23.6 Å². The number of hydrogen-bond donors (Lipinski definition) is 1. The summed E-state index contributed by atoms with van der Waals surface area (Å²) in [6, 6.07) is 0. The Morgan fingerprint density at radius 1 is 1.38 bits per heavy atom. The fraction of sp³-hybridized carbons (Fsp3) is 0.643. The third kappa shape index (κ3) is 4.50. The van der Waals surface area contributed by atoms with Crippen LogP contribution in [0.5, 0.6) is 0 Å². The predicted molar refractivity (Wildman–Crippen MR) is 84.3 cm³/mol. The summed E-state index contributed by atoms with van der Waals surface area (Å²) in [7, 11) is 3.99. The van der Waals surface area contributed by atoms with Gasteiger partial charge in [-0.05, 0) is 34.9 Å². The van der Waals surface area contributed by atoms with Gasteiger partial charge in [-0.15, -0.1) is 0 Å². The van der Waals surface area contributed by atoms with Gasteiger partial charge >= 0.3 is 5.97 Å². The minimum absolute atomic E-state index is 0.0772. The van der Waals surface area contributed by atoms with Gasteiger partial charge in [-0.2, -0.15) is 0 Å².